The monoisotopic (exact) mass is 144 g/mol. The Morgan fingerprint density at radius 2 is 2.09 bits per heavy atom. The molecule has 2 nitrogen and oxygen atoms in total. The molecule has 11 heavy (non-hydrogen) atoms. The molecule has 0 bridgehead atoms. The maximum absolute atomic E-state index is 4.02. The van der Waals surface area contributed by atoms with Gasteiger partial charge in [0.15, 0.2) is 0 Å². The molecular weight excluding hydrogens is 136 g/mol. The molecule has 2 rings (SSSR count). The summed E-state index contributed by atoms with van der Waals surface area (Å²) in [6.45, 7) is 0. The van der Waals surface area contributed by atoms with Crippen molar-refractivity contribution < 1.29 is 0 Å². The van der Waals surface area contributed by atoms with E-state index in [1.54, 1.807) is 6.21 Å². The van der Waals surface area contributed by atoms with Crippen molar-refractivity contribution >= 4 is 12.3 Å². The zero-order valence-electron chi connectivity index (χ0n) is 6.07. The Balaban J connectivity index is 2.81. The molecule has 0 saturated carbocycles. The van der Waals surface area contributed by atoms with Crippen LogP contribution in [0.1, 0.15) is 6.42 Å². The van der Waals surface area contributed by atoms with Crippen LogP contribution in [-0.2, 0) is 0 Å². The van der Waals surface area contributed by atoms with Gasteiger partial charge in [0, 0.05) is 12.6 Å². The van der Waals surface area contributed by atoms with Crippen LogP contribution in [0.25, 0.3) is 6.08 Å². The van der Waals surface area contributed by atoms with Gasteiger partial charge in [-0.05, 0) is 11.3 Å². The van der Waals surface area contributed by atoms with Gasteiger partial charge in [0.05, 0.1) is 5.36 Å². The lowest BCUT2D eigenvalue weighted by molar-refractivity contribution is 1.13. The molecule has 0 amide bonds. The Labute approximate surface area is 64.6 Å². The number of fused-ring (bicyclic) bond motifs is 1. The Morgan fingerprint density at radius 3 is 3.09 bits per heavy atom. The van der Waals surface area contributed by atoms with Gasteiger partial charge >= 0.3 is 0 Å². The van der Waals surface area contributed by atoms with Gasteiger partial charge in [-0.3, -0.25) is 0 Å². The Bertz CT molecular complexity index is 390. The van der Waals surface area contributed by atoms with Crippen molar-refractivity contribution in [3.05, 3.63) is 34.8 Å². The van der Waals surface area contributed by atoms with Crippen LogP contribution in [0, 0.1) is 0 Å². The van der Waals surface area contributed by atoms with E-state index in [9.17, 15) is 0 Å². The van der Waals surface area contributed by atoms with Gasteiger partial charge in [-0.15, -0.1) is 0 Å². The average Bonchev–Trinajstić information content (AvgIpc) is 2.28. The molecule has 54 valence electrons. The van der Waals surface area contributed by atoms with E-state index < -0.39 is 0 Å². The highest BCUT2D eigenvalue weighted by atomic mass is 15.2. The maximum Gasteiger partial charge on any atom is 0.0925 e. The molecule has 1 aromatic rings. The molecule has 0 spiro atoms. The molecule has 1 aliphatic rings. The molecule has 1 heterocycles. The van der Waals surface area contributed by atoms with Crippen LogP contribution in [0.4, 0.5) is 0 Å². The largest absolute Gasteiger partial charge is 0.163 e. The molecule has 2 heteroatoms. The first-order chi connectivity index (χ1) is 5.47. The first-order valence-corrected chi connectivity index (χ1v) is 3.61. The van der Waals surface area contributed by atoms with E-state index in [1.807, 2.05) is 24.3 Å². The van der Waals surface area contributed by atoms with E-state index in [1.165, 1.54) is 5.22 Å². The van der Waals surface area contributed by atoms with Crippen molar-refractivity contribution in [2.75, 3.05) is 0 Å². The van der Waals surface area contributed by atoms with Crippen LogP contribution in [-0.4, -0.2) is 6.21 Å². The Morgan fingerprint density at radius 1 is 1.18 bits per heavy atom. The summed E-state index contributed by atoms with van der Waals surface area (Å²) in [4.78, 5) is 0. The van der Waals surface area contributed by atoms with Gasteiger partial charge < -0.3 is 0 Å². The average molecular weight is 144 g/mol. The van der Waals surface area contributed by atoms with Crippen molar-refractivity contribution in [1.82, 2.24) is 0 Å². The van der Waals surface area contributed by atoms with Crippen molar-refractivity contribution in [3.63, 3.8) is 0 Å². The van der Waals surface area contributed by atoms with Crippen molar-refractivity contribution in [2.45, 2.75) is 6.42 Å². The Hall–Kier alpha value is -1.44. The number of benzene rings is 1. The SMILES string of the molecule is C1=NN=c2ccccc2=CC1. The molecule has 0 saturated heterocycles. The van der Waals surface area contributed by atoms with Gasteiger partial charge in [0.25, 0.3) is 0 Å². The van der Waals surface area contributed by atoms with Gasteiger partial charge in [-0.1, -0.05) is 24.3 Å². The first kappa shape index (κ1) is 6.28. The summed E-state index contributed by atoms with van der Waals surface area (Å²) in [5, 5.41) is 10.0. The van der Waals surface area contributed by atoms with Crippen LogP contribution in [0.15, 0.2) is 34.5 Å². The second-order valence-electron chi connectivity index (χ2n) is 2.40. The third kappa shape index (κ3) is 1.19. The van der Waals surface area contributed by atoms with E-state index in [2.05, 4.69) is 16.3 Å². The molecule has 0 N–H and O–H groups in total. The number of nitrogens with zero attached hydrogens (tertiary/aromatic N) is 2. The smallest absolute Gasteiger partial charge is 0.0925 e. The number of hydrogen-bond donors (Lipinski definition) is 0. The minimum Gasteiger partial charge on any atom is -0.163 e. The van der Waals surface area contributed by atoms with E-state index in [0.717, 1.165) is 11.8 Å². The van der Waals surface area contributed by atoms with E-state index in [4.69, 9.17) is 0 Å². The molecule has 0 radical (unpaired) electrons. The second kappa shape index (κ2) is 2.66. The van der Waals surface area contributed by atoms with Gasteiger partial charge in [-0.25, -0.2) is 0 Å². The number of hydrogen-bond acceptors (Lipinski definition) is 2. The van der Waals surface area contributed by atoms with E-state index in [0.29, 0.717) is 0 Å². The summed E-state index contributed by atoms with van der Waals surface area (Å²) in [5.74, 6) is 0. The first-order valence-electron chi connectivity index (χ1n) is 3.61. The quantitative estimate of drug-likeness (QED) is 0.506. The third-order valence-corrected chi connectivity index (χ3v) is 1.63. The summed E-state index contributed by atoms with van der Waals surface area (Å²) >= 11 is 0. The molecule has 0 aliphatic carbocycles. The van der Waals surface area contributed by atoms with Crippen LogP contribution < -0.4 is 10.6 Å². The van der Waals surface area contributed by atoms with Gasteiger partial charge in [-0.2, -0.15) is 10.2 Å². The normalized spacial score (nSPS) is 14.2. The van der Waals surface area contributed by atoms with Crippen LogP contribution >= 0.6 is 0 Å². The molecule has 0 atom stereocenters. The fourth-order valence-corrected chi connectivity index (χ4v) is 1.08. The van der Waals surface area contributed by atoms with Crippen LogP contribution in [0.3, 0.4) is 0 Å². The third-order valence-electron chi connectivity index (χ3n) is 1.63. The van der Waals surface area contributed by atoms with Crippen LogP contribution in [0.5, 0.6) is 0 Å². The molecule has 0 aromatic heterocycles. The summed E-state index contributed by atoms with van der Waals surface area (Å²) in [5.41, 5.74) is 0. The van der Waals surface area contributed by atoms with Crippen molar-refractivity contribution in [1.29, 1.82) is 0 Å². The standard InChI is InChI=1S/C9H8N2/c1-2-6-9-8(4-1)5-3-7-10-11-9/h1-2,4-7H,3H2. The Kier molecular flexibility index (Phi) is 1.52. The minimum absolute atomic E-state index is 0.876. The van der Waals surface area contributed by atoms with Crippen molar-refractivity contribution in [3.8, 4) is 0 Å². The molecule has 0 unspecified atom stereocenters. The second-order valence-corrected chi connectivity index (χ2v) is 2.40. The predicted octanol–water partition coefficient (Wildman–Crippen LogP) is 0.476. The van der Waals surface area contributed by atoms with Gasteiger partial charge in [0.2, 0.25) is 0 Å². The molecule has 1 aromatic carbocycles. The molecule has 0 fully saturated rings. The number of rotatable bonds is 0. The van der Waals surface area contributed by atoms with Crippen LogP contribution in [0.2, 0.25) is 0 Å². The fourth-order valence-electron chi connectivity index (χ4n) is 1.08. The topological polar surface area (TPSA) is 24.7 Å². The maximum atomic E-state index is 4.02. The lowest BCUT2D eigenvalue weighted by atomic mass is 10.2. The van der Waals surface area contributed by atoms with E-state index in [-0.39, 0.29) is 0 Å². The minimum atomic E-state index is 0.876. The molecule has 1 aliphatic heterocycles. The highest BCUT2D eigenvalue weighted by Crippen LogP contribution is 1.81. The van der Waals surface area contributed by atoms with E-state index >= 15 is 0 Å². The van der Waals surface area contributed by atoms with Crippen molar-refractivity contribution in [2.24, 2.45) is 10.2 Å². The van der Waals surface area contributed by atoms with Gasteiger partial charge in [0.1, 0.15) is 0 Å². The highest BCUT2D eigenvalue weighted by Gasteiger charge is 1.86. The fraction of sp³-hybridized carbons (Fsp3) is 0.111. The summed E-state index contributed by atoms with van der Waals surface area (Å²) < 4.78 is 0. The molecular formula is C9H8N2. The summed E-state index contributed by atoms with van der Waals surface area (Å²) in [6, 6.07) is 8.00. The lowest BCUT2D eigenvalue weighted by Gasteiger charge is -1.83. The zero-order valence-corrected chi connectivity index (χ0v) is 6.07. The highest BCUT2D eigenvalue weighted by molar-refractivity contribution is 5.65. The summed E-state index contributed by atoms with van der Waals surface area (Å²) in [6.07, 6.45) is 4.80. The summed E-state index contributed by atoms with van der Waals surface area (Å²) in [7, 11) is 0. The zero-order chi connectivity index (χ0) is 7.52. The predicted molar refractivity (Wildman–Crippen MR) is 44.8 cm³/mol. The lowest BCUT2D eigenvalue weighted by Crippen LogP contribution is -2.22.